The topological polar surface area (TPSA) is 103 Å². The Morgan fingerprint density at radius 3 is 2.69 bits per heavy atom. The Hall–Kier alpha value is -3.61. The van der Waals surface area contributed by atoms with Crippen LogP contribution in [-0.4, -0.2) is 22.9 Å². The monoisotopic (exact) mass is 353 g/mol. The van der Waals surface area contributed by atoms with Gasteiger partial charge in [0.2, 0.25) is 11.5 Å². The van der Waals surface area contributed by atoms with Gasteiger partial charge in [0.25, 0.3) is 0 Å². The van der Waals surface area contributed by atoms with Crippen LogP contribution in [0.3, 0.4) is 0 Å². The lowest BCUT2D eigenvalue weighted by Crippen LogP contribution is -1.95. The minimum absolute atomic E-state index is 0.0498. The molecule has 1 heterocycles. The lowest BCUT2D eigenvalue weighted by atomic mass is 10.1. The van der Waals surface area contributed by atoms with Crippen LogP contribution in [0.5, 0.6) is 11.5 Å². The number of ether oxygens (including phenoxy) is 1. The summed E-state index contributed by atoms with van der Waals surface area (Å²) in [5.74, 6) is -0.767. The van der Waals surface area contributed by atoms with Gasteiger partial charge in [-0.15, -0.1) is 0 Å². The summed E-state index contributed by atoms with van der Waals surface area (Å²) < 4.78 is 10.5. The van der Waals surface area contributed by atoms with Crippen molar-refractivity contribution in [1.29, 1.82) is 0 Å². The van der Waals surface area contributed by atoms with Crippen molar-refractivity contribution in [2.45, 2.75) is 6.92 Å². The minimum Gasteiger partial charge on any atom is -0.500 e. The normalized spacial score (nSPS) is 11.2. The Balaban J connectivity index is 1.96. The van der Waals surface area contributed by atoms with E-state index in [4.69, 9.17) is 9.15 Å². The van der Waals surface area contributed by atoms with Crippen molar-refractivity contribution in [3.63, 3.8) is 0 Å². The van der Waals surface area contributed by atoms with Gasteiger partial charge in [0.05, 0.1) is 12.0 Å². The number of benzene rings is 2. The zero-order valence-corrected chi connectivity index (χ0v) is 14.1. The number of phenolic OH excluding ortho intramolecular Hbond substituents is 1. The number of carbonyl (C=O) groups excluding carboxylic acids is 1. The van der Waals surface area contributed by atoms with Crippen LogP contribution in [0.15, 0.2) is 46.9 Å². The van der Waals surface area contributed by atoms with Crippen LogP contribution < -0.4 is 4.74 Å². The predicted octanol–water partition coefficient (Wildman–Crippen LogP) is 4.26. The van der Waals surface area contributed by atoms with Gasteiger partial charge in [0, 0.05) is 17.0 Å². The third-order valence-corrected chi connectivity index (χ3v) is 3.99. The number of para-hydroxylation sites is 1. The molecule has 1 N–H and O–H groups in total. The number of phenols is 1. The summed E-state index contributed by atoms with van der Waals surface area (Å²) in [6, 6.07) is 9.87. The van der Waals surface area contributed by atoms with Gasteiger partial charge in [-0.3, -0.25) is 14.9 Å². The van der Waals surface area contributed by atoms with Crippen LogP contribution in [0.2, 0.25) is 0 Å². The summed E-state index contributed by atoms with van der Waals surface area (Å²) in [6.07, 6.45) is 2.67. The molecule has 3 aromatic rings. The number of nitrogens with zero attached hydrogens (tertiary/aromatic N) is 1. The first-order chi connectivity index (χ1) is 12.4. The first-order valence-electron chi connectivity index (χ1n) is 7.68. The standard InChI is InChI=1S/C19H15NO6/c1-11-13-5-3-4-6-16(13)26-19(11)15(21)8-7-12-9-14(20(23)24)18(22)17(10-12)25-2/h3-10,22H,1-2H3/b8-7+. The van der Waals surface area contributed by atoms with Crippen LogP contribution in [0.25, 0.3) is 17.0 Å². The van der Waals surface area contributed by atoms with E-state index in [1.165, 1.54) is 25.3 Å². The molecule has 0 saturated heterocycles. The van der Waals surface area contributed by atoms with E-state index >= 15 is 0 Å². The van der Waals surface area contributed by atoms with E-state index in [2.05, 4.69) is 0 Å². The molecule has 7 heteroatoms. The number of methoxy groups -OCH3 is 1. The predicted molar refractivity (Wildman–Crippen MR) is 95.6 cm³/mol. The van der Waals surface area contributed by atoms with E-state index < -0.39 is 16.4 Å². The molecule has 0 aliphatic rings. The lowest BCUT2D eigenvalue weighted by molar-refractivity contribution is -0.386. The summed E-state index contributed by atoms with van der Waals surface area (Å²) in [5, 5.41) is 21.7. The van der Waals surface area contributed by atoms with Gasteiger partial charge >= 0.3 is 5.69 Å². The molecule has 7 nitrogen and oxygen atoms in total. The largest absolute Gasteiger partial charge is 0.500 e. The van der Waals surface area contributed by atoms with Gasteiger partial charge in [0.1, 0.15) is 5.58 Å². The zero-order chi connectivity index (χ0) is 18.8. The molecule has 1 aromatic heterocycles. The number of furan rings is 1. The van der Waals surface area contributed by atoms with Gasteiger partial charge in [-0.25, -0.2) is 0 Å². The second-order valence-electron chi connectivity index (χ2n) is 5.60. The molecule has 26 heavy (non-hydrogen) atoms. The smallest absolute Gasteiger partial charge is 0.315 e. The molecule has 0 aliphatic heterocycles. The summed E-state index contributed by atoms with van der Waals surface area (Å²) >= 11 is 0. The number of nitro benzene ring substituents is 1. The van der Waals surface area contributed by atoms with E-state index in [1.807, 2.05) is 18.2 Å². The van der Waals surface area contributed by atoms with E-state index in [9.17, 15) is 20.0 Å². The Morgan fingerprint density at radius 2 is 2.04 bits per heavy atom. The maximum absolute atomic E-state index is 12.5. The maximum Gasteiger partial charge on any atom is 0.315 e. The molecular formula is C19H15NO6. The fourth-order valence-electron chi connectivity index (χ4n) is 2.66. The number of fused-ring (bicyclic) bond motifs is 1. The number of aryl methyl sites for hydroxylation is 1. The lowest BCUT2D eigenvalue weighted by Gasteiger charge is -2.05. The van der Waals surface area contributed by atoms with Crippen LogP contribution in [0.1, 0.15) is 21.7 Å². The number of hydrogen-bond acceptors (Lipinski definition) is 6. The zero-order valence-electron chi connectivity index (χ0n) is 14.1. The average molecular weight is 353 g/mol. The van der Waals surface area contributed by atoms with Crippen molar-refractivity contribution in [1.82, 2.24) is 0 Å². The number of carbonyl (C=O) groups is 1. The molecule has 0 aliphatic carbocycles. The Morgan fingerprint density at radius 1 is 1.31 bits per heavy atom. The number of aromatic hydroxyl groups is 1. The van der Waals surface area contributed by atoms with E-state index in [0.29, 0.717) is 11.1 Å². The average Bonchev–Trinajstić information content (AvgIpc) is 2.97. The third-order valence-electron chi connectivity index (χ3n) is 3.99. The molecule has 132 valence electrons. The highest BCUT2D eigenvalue weighted by Crippen LogP contribution is 2.37. The molecular weight excluding hydrogens is 338 g/mol. The molecule has 0 fully saturated rings. The van der Waals surface area contributed by atoms with Crippen molar-refractivity contribution in [2.75, 3.05) is 7.11 Å². The summed E-state index contributed by atoms with van der Waals surface area (Å²) in [4.78, 5) is 22.8. The van der Waals surface area contributed by atoms with Crippen LogP contribution in [-0.2, 0) is 0 Å². The van der Waals surface area contributed by atoms with E-state index in [0.717, 1.165) is 17.0 Å². The fourth-order valence-corrected chi connectivity index (χ4v) is 2.66. The quantitative estimate of drug-likeness (QED) is 0.318. The van der Waals surface area contributed by atoms with Crippen LogP contribution >= 0.6 is 0 Å². The number of rotatable bonds is 5. The van der Waals surface area contributed by atoms with Gasteiger partial charge < -0.3 is 14.3 Å². The third kappa shape index (κ3) is 3.02. The van der Waals surface area contributed by atoms with Gasteiger partial charge in [-0.2, -0.15) is 0 Å². The summed E-state index contributed by atoms with van der Waals surface area (Å²) in [7, 11) is 1.29. The highest BCUT2D eigenvalue weighted by molar-refractivity contribution is 6.08. The van der Waals surface area contributed by atoms with E-state index in [-0.39, 0.29) is 17.3 Å². The summed E-state index contributed by atoms with van der Waals surface area (Å²) in [5.41, 5.74) is 1.18. The molecule has 0 amide bonds. The SMILES string of the molecule is COc1cc(/C=C/C(=O)c2oc3ccccc3c2C)cc([N+](=O)[O-])c1O. The molecule has 3 rings (SSSR count). The number of ketones is 1. The molecule has 0 atom stereocenters. The number of nitro groups is 1. The highest BCUT2D eigenvalue weighted by atomic mass is 16.6. The van der Waals surface area contributed by atoms with Crippen LogP contribution in [0.4, 0.5) is 5.69 Å². The molecule has 0 saturated carbocycles. The molecule has 0 bridgehead atoms. The van der Waals surface area contributed by atoms with Crippen molar-refractivity contribution in [2.24, 2.45) is 0 Å². The highest BCUT2D eigenvalue weighted by Gasteiger charge is 2.20. The Labute approximate surface area is 148 Å². The minimum atomic E-state index is -0.722. The van der Waals surface area contributed by atoms with Crippen molar-refractivity contribution < 1.29 is 24.0 Å². The fraction of sp³-hybridized carbons (Fsp3) is 0.105. The Kier molecular flexibility index (Phi) is 4.45. The maximum atomic E-state index is 12.5. The van der Waals surface area contributed by atoms with Crippen molar-refractivity contribution >= 4 is 28.5 Å². The molecule has 0 unspecified atom stereocenters. The Bertz CT molecular complexity index is 1050. The van der Waals surface area contributed by atoms with Gasteiger partial charge in [-0.05, 0) is 30.7 Å². The second kappa shape index (κ2) is 6.72. The number of allylic oxidation sites excluding steroid dienone is 1. The van der Waals surface area contributed by atoms with Gasteiger partial charge in [0.15, 0.2) is 11.5 Å². The first-order valence-corrected chi connectivity index (χ1v) is 7.68. The van der Waals surface area contributed by atoms with Crippen molar-refractivity contribution in [3.8, 4) is 11.5 Å². The van der Waals surface area contributed by atoms with E-state index in [1.54, 1.807) is 13.0 Å². The molecule has 2 aromatic carbocycles. The first kappa shape index (κ1) is 17.2. The van der Waals surface area contributed by atoms with Crippen molar-refractivity contribution in [3.05, 3.63) is 69.5 Å². The molecule has 0 spiro atoms. The summed E-state index contributed by atoms with van der Waals surface area (Å²) in [6.45, 7) is 1.79. The second-order valence-corrected chi connectivity index (χ2v) is 5.60. The number of hydrogen-bond donors (Lipinski definition) is 1. The van der Waals surface area contributed by atoms with Crippen LogP contribution in [0, 0.1) is 17.0 Å². The van der Waals surface area contributed by atoms with Gasteiger partial charge in [-0.1, -0.05) is 24.3 Å². The molecule has 0 radical (unpaired) electrons.